The number of nitrogens with two attached hydrogens (primary N) is 1. The van der Waals surface area contributed by atoms with Crippen molar-refractivity contribution in [2.24, 2.45) is 0 Å². The first kappa shape index (κ1) is 7.60. The van der Waals surface area contributed by atoms with Crippen LogP contribution in [0.1, 0.15) is 10.4 Å². The fraction of sp³-hybridized carbons (Fsp3) is 0. The average molecular weight is 176 g/mol. The van der Waals surface area contributed by atoms with Gasteiger partial charge >= 0.3 is 0 Å². The SMILES string of the molecule is Nc1cc(C(=O)[O-])cc2[nH]cnc12. The Morgan fingerprint density at radius 2 is 2.31 bits per heavy atom. The average Bonchev–Trinajstić information content (AvgIpc) is 2.51. The molecule has 0 fully saturated rings. The maximum absolute atomic E-state index is 10.5. The van der Waals surface area contributed by atoms with Crippen molar-refractivity contribution in [3.05, 3.63) is 24.0 Å². The second-order valence-corrected chi connectivity index (χ2v) is 2.65. The van der Waals surface area contributed by atoms with Crippen LogP contribution in [0, 0.1) is 0 Å². The molecule has 1 aromatic carbocycles. The minimum absolute atomic E-state index is 0.0502. The number of benzene rings is 1. The van der Waals surface area contributed by atoms with Gasteiger partial charge in [0.25, 0.3) is 0 Å². The quantitative estimate of drug-likeness (QED) is 0.573. The van der Waals surface area contributed by atoms with Crippen LogP contribution in [0.3, 0.4) is 0 Å². The molecular formula is C8H6N3O2-. The number of hydrogen-bond donors (Lipinski definition) is 2. The Kier molecular flexibility index (Phi) is 1.45. The molecule has 3 N–H and O–H groups in total. The number of carboxylic acids is 1. The summed E-state index contributed by atoms with van der Waals surface area (Å²) in [6.07, 6.45) is 1.46. The lowest BCUT2D eigenvalue weighted by Crippen LogP contribution is -2.22. The Labute approximate surface area is 73.2 Å². The normalized spacial score (nSPS) is 10.5. The lowest BCUT2D eigenvalue weighted by Gasteiger charge is -2.03. The number of imidazole rings is 1. The highest BCUT2D eigenvalue weighted by Gasteiger charge is 2.03. The van der Waals surface area contributed by atoms with Crippen molar-refractivity contribution in [1.29, 1.82) is 0 Å². The van der Waals surface area contributed by atoms with Crippen molar-refractivity contribution in [2.75, 3.05) is 5.73 Å². The van der Waals surface area contributed by atoms with Crippen LogP contribution >= 0.6 is 0 Å². The minimum atomic E-state index is -1.25. The number of aromatic carboxylic acids is 1. The highest BCUT2D eigenvalue weighted by atomic mass is 16.4. The first-order chi connectivity index (χ1) is 6.18. The van der Waals surface area contributed by atoms with Crippen LogP contribution in [0.15, 0.2) is 18.5 Å². The van der Waals surface area contributed by atoms with E-state index in [2.05, 4.69) is 9.97 Å². The topological polar surface area (TPSA) is 94.8 Å². The number of aromatic nitrogens is 2. The molecule has 5 nitrogen and oxygen atoms in total. The summed E-state index contributed by atoms with van der Waals surface area (Å²) in [5.41, 5.74) is 7.12. The standard InChI is InChI=1S/C8H7N3O2/c9-5-1-4(8(12)13)2-6-7(5)11-3-10-6/h1-3H,9H2,(H,10,11)(H,12,13)/p-1. The maximum Gasteiger partial charge on any atom is 0.111 e. The molecule has 66 valence electrons. The number of nitrogens with zero attached hydrogens (tertiary/aromatic N) is 1. The molecule has 0 aliphatic heterocycles. The third kappa shape index (κ3) is 1.10. The number of hydrogen-bond acceptors (Lipinski definition) is 4. The Balaban J connectivity index is 2.77. The molecule has 0 spiro atoms. The van der Waals surface area contributed by atoms with Crippen LogP contribution in [-0.4, -0.2) is 15.9 Å². The maximum atomic E-state index is 10.5. The van der Waals surface area contributed by atoms with Gasteiger partial charge in [-0.15, -0.1) is 0 Å². The van der Waals surface area contributed by atoms with Gasteiger partial charge < -0.3 is 20.6 Å². The summed E-state index contributed by atoms with van der Waals surface area (Å²) in [5, 5.41) is 10.5. The van der Waals surface area contributed by atoms with Gasteiger partial charge in [0, 0.05) is 5.56 Å². The molecule has 2 aromatic rings. The van der Waals surface area contributed by atoms with E-state index in [0.29, 0.717) is 16.7 Å². The predicted molar refractivity (Wildman–Crippen MR) is 44.8 cm³/mol. The van der Waals surface area contributed by atoms with Crippen molar-refractivity contribution < 1.29 is 9.90 Å². The second kappa shape index (κ2) is 2.48. The third-order valence-electron chi connectivity index (χ3n) is 1.79. The van der Waals surface area contributed by atoms with Gasteiger partial charge in [-0.25, -0.2) is 4.98 Å². The van der Waals surface area contributed by atoms with Gasteiger partial charge in [-0.1, -0.05) is 0 Å². The van der Waals surface area contributed by atoms with E-state index in [1.165, 1.54) is 18.5 Å². The zero-order valence-electron chi connectivity index (χ0n) is 6.57. The van der Waals surface area contributed by atoms with Gasteiger partial charge in [-0.2, -0.15) is 0 Å². The number of nitrogens with one attached hydrogen (secondary N) is 1. The Bertz CT molecular complexity index is 475. The summed E-state index contributed by atoms with van der Waals surface area (Å²) >= 11 is 0. The Morgan fingerprint density at radius 1 is 1.54 bits per heavy atom. The van der Waals surface area contributed by atoms with Crippen molar-refractivity contribution in [3.8, 4) is 0 Å². The number of fused-ring (bicyclic) bond motifs is 1. The van der Waals surface area contributed by atoms with Crippen LogP contribution in [0.4, 0.5) is 5.69 Å². The van der Waals surface area contributed by atoms with E-state index in [4.69, 9.17) is 5.73 Å². The van der Waals surface area contributed by atoms with E-state index in [1.54, 1.807) is 0 Å². The molecule has 0 bridgehead atoms. The van der Waals surface area contributed by atoms with E-state index in [0.717, 1.165) is 0 Å². The molecule has 0 saturated carbocycles. The molecule has 0 aliphatic rings. The molecule has 0 unspecified atom stereocenters. The Hall–Kier alpha value is -2.04. The van der Waals surface area contributed by atoms with Crippen molar-refractivity contribution in [3.63, 3.8) is 0 Å². The molecule has 0 aliphatic carbocycles. The van der Waals surface area contributed by atoms with Gasteiger partial charge in [0.2, 0.25) is 0 Å². The van der Waals surface area contributed by atoms with E-state index >= 15 is 0 Å². The molecule has 2 rings (SSSR count). The van der Waals surface area contributed by atoms with Crippen molar-refractivity contribution in [2.45, 2.75) is 0 Å². The fourth-order valence-electron chi connectivity index (χ4n) is 1.20. The summed E-state index contributed by atoms with van der Waals surface area (Å²) in [6, 6.07) is 2.77. The number of aromatic amines is 1. The molecule has 1 heterocycles. The second-order valence-electron chi connectivity index (χ2n) is 2.65. The van der Waals surface area contributed by atoms with Crippen molar-refractivity contribution in [1.82, 2.24) is 9.97 Å². The number of carbonyl (C=O) groups excluding carboxylic acids is 1. The number of carboxylic acid groups (broad SMARTS) is 1. The van der Waals surface area contributed by atoms with Gasteiger partial charge in [-0.05, 0) is 12.1 Å². The molecule has 0 saturated heterocycles. The van der Waals surface area contributed by atoms with E-state index < -0.39 is 5.97 Å². The Morgan fingerprint density at radius 3 is 3.00 bits per heavy atom. The minimum Gasteiger partial charge on any atom is -0.545 e. The van der Waals surface area contributed by atoms with Gasteiger partial charge in [0.15, 0.2) is 0 Å². The van der Waals surface area contributed by atoms with Crippen LogP contribution in [0.2, 0.25) is 0 Å². The predicted octanol–water partition coefficient (Wildman–Crippen LogP) is -0.491. The first-order valence-corrected chi connectivity index (χ1v) is 3.62. The summed E-state index contributed by atoms with van der Waals surface area (Å²) < 4.78 is 0. The van der Waals surface area contributed by atoms with E-state index in [9.17, 15) is 9.90 Å². The highest BCUT2D eigenvalue weighted by Crippen LogP contribution is 2.18. The van der Waals surface area contributed by atoms with Gasteiger partial charge in [-0.3, -0.25) is 0 Å². The summed E-state index contributed by atoms with van der Waals surface area (Å²) in [6.45, 7) is 0. The highest BCUT2D eigenvalue weighted by molar-refractivity contribution is 5.96. The van der Waals surface area contributed by atoms with Crippen LogP contribution in [0.5, 0.6) is 0 Å². The number of carbonyl (C=O) groups is 1. The fourth-order valence-corrected chi connectivity index (χ4v) is 1.20. The molecule has 0 amide bonds. The molecule has 0 atom stereocenters. The number of H-pyrrole nitrogens is 1. The van der Waals surface area contributed by atoms with Crippen molar-refractivity contribution >= 4 is 22.7 Å². The zero-order valence-corrected chi connectivity index (χ0v) is 6.57. The molecule has 0 radical (unpaired) electrons. The molecule has 5 heteroatoms. The lowest BCUT2D eigenvalue weighted by atomic mass is 10.2. The van der Waals surface area contributed by atoms with Crippen LogP contribution < -0.4 is 10.8 Å². The monoisotopic (exact) mass is 176 g/mol. The van der Waals surface area contributed by atoms with Crippen LogP contribution in [0.25, 0.3) is 11.0 Å². The summed E-state index contributed by atoms with van der Waals surface area (Å²) in [4.78, 5) is 17.2. The van der Waals surface area contributed by atoms with E-state index in [1.807, 2.05) is 0 Å². The molecule has 1 aromatic heterocycles. The third-order valence-corrected chi connectivity index (χ3v) is 1.79. The van der Waals surface area contributed by atoms with Crippen LogP contribution in [-0.2, 0) is 0 Å². The van der Waals surface area contributed by atoms with Gasteiger partial charge in [0.1, 0.15) is 5.52 Å². The molecule has 13 heavy (non-hydrogen) atoms. The summed E-state index contributed by atoms with van der Waals surface area (Å²) in [5.74, 6) is -1.25. The number of anilines is 1. The smallest absolute Gasteiger partial charge is 0.111 e. The largest absolute Gasteiger partial charge is 0.545 e. The molecular weight excluding hydrogens is 170 g/mol. The zero-order chi connectivity index (χ0) is 9.42. The number of rotatable bonds is 1. The first-order valence-electron chi connectivity index (χ1n) is 3.62. The van der Waals surface area contributed by atoms with Gasteiger partial charge in [0.05, 0.1) is 23.5 Å². The lowest BCUT2D eigenvalue weighted by molar-refractivity contribution is -0.255. The van der Waals surface area contributed by atoms with E-state index in [-0.39, 0.29) is 5.56 Å². The number of nitrogen functional groups attached to an aromatic ring is 1. The summed E-state index contributed by atoms with van der Waals surface area (Å²) in [7, 11) is 0.